The smallest absolute Gasteiger partial charge is 0.321 e. The number of ether oxygens (including phenoxy) is 1. The molecule has 116 valence electrons. The molecule has 0 bridgehead atoms. The highest BCUT2D eigenvalue weighted by Gasteiger charge is 2.42. The van der Waals surface area contributed by atoms with Crippen LogP contribution in [-0.4, -0.2) is 41.7 Å². The maximum absolute atomic E-state index is 11.6. The molecule has 0 amide bonds. The monoisotopic (exact) mass is 311 g/mol. The first kappa shape index (κ1) is 16.1. The van der Waals surface area contributed by atoms with Gasteiger partial charge in [0.25, 0.3) is 0 Å². The number of carboxylic acid groups (broad SMARTS) is 1. The topological polar surface area (TPSA) is 49.8 Å². The number of carbonyl (C=O) groups is 1. The quantitative estimate of drug-likeness (QED) is 0.906. The van der Waals surface area contributed by atoms with Crippen LogP contribution in [0, 0.1) is 5.41 Å². The lowest BCUT2D eigenvalue weighted by molar-refractivity contribution is -0.150. The number of nitrogens with zero attached hydrogens (tertiary/aromatic N) is 1. The molecule has 1 unspecified atom stereocenters. The third-order valence-corrected chi connectivity index (χ3v) is 4.28. The molecule has 1 aliphatic heterocycles. The van der Waals surface area contributed by atoms with Gasteiger partial charge in [-0.3, -0.25) is 9.69 Å². The Labute approximate surface area is 130 Å². The number of likely N-dealkylation sites (tertiary alicyclic amines) is 1. The predicted octanol–water partition coefficient (Wildman–Crippen LogP) is 3.29. The van der Waals surface area contributed by atoms with Crippen molar-refractivity contribution in [2.45, 2.75) is 32.7 Å². The second-order valence-electron chi connectivity index (χ2n) is 6.17. The molecule has 2 rings (SSSR count). The Hall–Kier alpha value is -1.26. The predicted molar refractivity (Wildman–Crippen MR) is 83.0 cm³/mol. The van der Waals surface area contributed by atoms with E-state index in [4.69, 9.17) is 16.3 Å². The van der Waals surface area contributed by atoms with Crippen LogP contribution in [0.1, 0.15) is 26.7 Å². The minimum atomic E-state index is -0.748. The Morgan fingerprint density at radius 2 is 2.29 bits per heavy atom. The van der Waals surface area contributed by atoms with E-state index < -0.39 is 12.0 Å². The normalized spacial score (nSPS) is 22.0. The molecule has 1 aromatic rings. The Bertz CT molecular complexity index is 504. The van der Waals surface area contributed by atoms with Crippen LogP contribution in [0.25, 0.3) is 0 Å². The first-order valence-electron chi connectivity index (χ1n) is 7.25. The third-order valence-electron chi connectivity index (χ3n) is 4.05. The van der Waals surface area contributed by atoms with E-state index in [9.17, 15) is 9.90 Å². The zero-order chi connectivity index (χ0) is 15.5. The highest BCUT2D eigenvalue weighted by molar-refractivity contribution is 6.30. The molecule has 1 N–H and O–H groups in total. The van der Waals surface area contributed by atoms with Crippen LogP contribution < -0.4 is 4.74 Å². The molecule has 1 saturated heterocycles. The van der Waals surface area contributed by atoms with Gasteiger partial charge in [0.2, 0.25) is 0 Å². The molecule has 0 aromatic heterocycles. The molecule has 1 fully saturated rings. The Balaban J connectivity index is 1.93. The molecule has 5 heteroatoms. The van der Waals surface area contributed by atoms with Crippen molar-refractivity contribution < 1.29 is 14.6 Å². The van der Waals surface area contributed by atoms with Crippen LogP contribution in [0.5, 0.6) is 5.75 Å². The molecule has 1 heterocycles. The average Bonchev–Trinajstić information content (AvgIpc) is 2.37. The van der Waals surface area contributed by atoms with Gasteiger partial charge in [0.05, 0.1) is 0 Å². The maximum Gasteiger partial charge on any atom is 0.321 e. The summed E-state index contributed by atoms with van der Waals surface area (Å²) >= 11 is 5.91. The number of benzene rings is 1. The van der Waals surface area contributed by atoms with Crippen LogP contribution in [-0.2, 0) is 4.79 Å². The van der Waals surface area contributed by atoms with Crippen molar-refractivity contribution in [3.05, 3.63) is 29.3 Å². The summed E-state index contributed by atoms with van der Waals surface area (Å²) in [4.78, 5) is 13.6. The molecule has 0 radical (unpaired) electrons. The molecule has 0 saturated carbocycles. The number of aliphatic carboxylic acids is 1. The zero-order valence-electron chi connectivity index (χ0n) is 12.5. The van der Waals surface area contributed by atoms with Gasteiger partial charge in [-0.25, -0.2) is 0 Å². The second kappa shape index (κ2) is 6.67. The fraction of sp³-hybridized carbons (Fsp3) is 0.562. The van der Waals surface area contributed by atoms with Crippen molar-refractivity contribution in [3.63, 3.8) is 0 Å². The molecule has 4 nitrogen and oxygen atoms in total. The fourth-order valence-corrected chi connectivity index (χ4v) is 3.25. The lowest BCUT2D eigenvalue weighted by atomic mass is 9.76. The number of hydrogen-bond acceptors (Lipinski definition) is 3. The van der Waals surface area contributed by atoms with Gasteiger partial charge in [0.15, 0.2) is 0 Å². The molecule has 0 spiro atoms. The zero-order valence-corrected chi connectivity index (χ0v) is 13.3. The Morgan fingerprint density at radius 1 is 1.52 bits per heavy atom. The van der Waals surface area contributed by atoms with Crippen molar-refractivity contribution in [2.75, 3.05) is 19.7 Å². The number of rotatable bonds is 5. The lowest BCUT2D eigenvalue weighted by Gasteiger charge is -2.43. The number of hydrogen-bond donors (Lipinski definition) is 1. The molecule has 0 aliphatic carbocycles. The lowest BCUT2D eigenvalue weighted by Crippen LogP contribution is -2.55. The molecular weight excluding hydrogens is 290 g/mol. The first-order chi connectivity index (χ1) is 9.90. The van der Waals surface area contributed by atoms with Gasteiger partial charge in [-0.05, 0) is 43.0 Å². The third kappa shape index (κ3) is 4.11. The highest BCUT2D eigenvalue weighted by Crippen LogP contribution is 2.35. The van der Waals surface area contributed by atoms with E-state index in [0.717, 1.165) is 19.4 Å². The van der Waals surface area contributed by atoms with Gasteiger partial charge in [-0.1, -0.05) is 31.5 Å². The van der Waals surface area contributed by atoms with E-state index in [1.165, 1.54) is 0 Å². The van der Waals surface area contributed by atoms with E-state index in [2.05, 4.69) is 0 Å². The molecular formula is C16H22ClNO3. The summed E-state index contributed by atoms with van der Waals surface area (Å²) in [6.07, 6.45) is 1.96. The minimum absolute atomic E-state index is 0.208. The summed E-state index contributed by atoms with van der Waals surface area (Å²) in [6, 6.07) is 6.79. The Morgan fingerprint density at radius 3 is 2.95 bits per heavy atom. The van der Waals surface area contributed by atoms with Gasteiger partial charge in [-0.15, -0.1) is 0 Å². The Kier molecular flexibility index (Phi) is 5.12. The summed E-state index contributed by atoms with van der Waals surface area (Å²) in [7, 11) is 0. The molecule has 1 atom stereocenters. The van der Waals surface area contributed by atoms with Crippen molar-refractivity contribution in [3.8, 4) is 5.75 Å². The summed E-state index contributed by atoms with van der Waals surface area (Å²) < 4.78 is 5.67. The van der Waals surface area contributed by atoms with Crippen LogP contribution in [0.3, 0.4) is 0 Å². The largest absolute Gasteiger partial charge is 0.492 e. The second-order valence-corrected chi connectivity index (χ2v) is 6.61. The van der Waals surface area contributed by atoms with Crippen molar-refractivity contribution in [2.24, 2.45) is 5.41 Å². The van der Waals surface area contributed by atoms with Crippen LogP contribution in [0.2, 0.25) is 5.02 Å². The fourth-order valence-electron chi connectivity index (χ4n) is 3.07. The van der Waals surface area contributed by atoms with Crippen LogP contribution in [0.15, 0.2) is 24.3 Å². The standard InChI is InChI=1S/C16H22ClNO3/c1-16(2)7-4-8-18(14(16)15(19)20)9-10-21-13-6-3-5-12(17)11-13/h3,5-6,11,14H,4,7-10H2,1-2H3,(H,19,20). The highest BCUT2D eigenvalue weighted by atomic mass is 35.5. The summed E-state index contributed by atoms with van der Waals surface area (Å²) in [5.74, 6) is -0.0342. The van der Waals surface area contributed by atoms with Crippen molar-refractivity contribution in [1.82, 2.24) is 4.90 Å². The van der Waals surface area contributed by atoms with E-state index in [-0.39, 0.29) is 5.41 Å². The average molecular weight is 312 g/mol. The van der Waals surface area contributed by atoms with Crippen molar-refractivity contribution in [1.29, 1.82) is 0 Å². The summed E-state index contributed by atoms with van der Waals surface area (Å²) in [5.41, 5.74) is -0.208. The molecule has 1 aromatic carbocycles. The molecule has 21 heavy (non-hydrogen) atoms. The SMILES string of the molecule is CC1(C)CCCN(CCOc2cccc(Cl)c2)C1C(=O)O. The van der Waals surface area contributed by atoms with Gasteiger partial charge in [0, 0.05) is 11.6 Å². The first-order valence-corrected chi connectivity index (χ1v) is 7.63. The molecule has 1 aliphatic rings. The van der Waals surface area contributed by atoms with Gasteiger partial charge in [0.1, 0.15) is 18.4 Å². The van der Waals surface area contributed by atoms with Crippen molar-refractivity contribution >= 4 is 17.6 Å². The van der Waals surface area contributed by atoms with Crippen LogP contribution in [0.4, 0.5) is 0 Å². The van der Waals surface area contributed by atoms with E-state index in [1.807, 2.05) is 30.9 Å². The van der Waals surface area contributed by atoms with E-state index in [0.29, 0.717) is 23.9 Å². The maximum atomic E-state index is 11.6. The number of carboxylic acids is 1. The van der Waals surface area contributed by atoms with E-state index >= 15 is 0 Å². The summed E-state index contributed by atoms with van der Waals surface area (Å²) in [5, 5.41) is 10.1. The number of piperidine rings is 1. The minimum Gasteiger partial charge on any atom is -0.492 e. The van der Waals surface area contributed by atoms with Gasteiger partial charge < -0.3 is 9.84 Å². The van der Waals surface area contributed by atoms with E-state index in [1.54, 1.807) is 12.1 Å². The number of halogens is 1. The summed E-state index contributed by atoms with van der Waals surface area (Å²) in [6.45, 7) is 5.91. The van der Waals surface area contributed by atoms with Gasteiger partial charge in [-0.2, -0.15) is 0 Å². The van der Waals surface area contributed by atoms with Crippen LogP contribution >= 0.6 is 11.6 Å². The van der Waals surface area contributed by atoms with Gasteiger partial charge >= 0.3 is 5.97 Å².